The van der Waals surface area contributed by atoms with Crippen LogP contribution in [-0.4, -0.2) is 9.97 Å². The van der Waals surface area contributed by atoms with Crippen LogP contribution < -0.4 is 5.32 Å². The van der Waals surface area contributed by atoms with Gasteiger partial charge in [0.25, 0.3) is 0 Å². The van der Waals surface area contributed by atoms with E-state index < -0.39 is 0 Å². The highest BCUT2D eigenvalue weighted by Gasteiger charge is 2.04. The fourth-order valence-electron chi connectivity index (χ4n) is 2.18. The zero-order chi connectivity index (χ0) is 13.9. The predicted molar refractivity (Wildman–Crippen MR) is 97.5 cm³/mol. The number of hydrogen-bond acceptors (Lipinski definition) is 3. The van der Waals surface area contributed by atoms with Crippen molar-refractivity contribution in [3.05, 3.63) is 65.1 Å². The van der Waals surface area contributed by atoms with Gasteiger partial charge in [-0.15, -0.1) is 24.8 Å². The van der Waals surface area contributed by atoms with Crippen LogP contribution in [0.4, 0.5) is 5.69 Å². The molecule has 0 bridgehead atoms. The minimum absolute atomic E-state index is 0. The van der Waals surface area contributed by atoms with Gasteiger partial charge in [0.15, 0.2) is 0 Å². The van der Waals surface area contributed by atoms with Gasteiger partial charge in [-0.1, -0.05) is 17.7 Å². The van der Waals surface area contributed by atoms with E-state index in [4.69, 9.17) is 11.6 Å². The second-order valence-corrected chi connectivity index (χ2v) is 5.12. The average molecular weight is 357 g/mol. The van der Waals surface area contributed by atoms with Crippen molar-refractivity contribution in [3.63, 3.8) is 0 Å². The molecule has 0 atom stereocenters. The van der Waals surface area contributed by atoms with Gasteiger partial charge in [-0.3, -0.25) is 9.97 Å². The summed E-state index contributed by atoms with van der Waals surface area (Å²) >= 11 is 6.03. The van der Waals surface area contributed by atoms with Crippen molar-refractivity contribution in [2.24, 2.45) is 0 Å². The van der Waals surface area contributed by atoms with E-state index in [1.54, 1.807) is 6.20 Å². The summed E-state index contributed by atoms with van der Waals surface area (Å²) in [6.07, 6.45) is 3.64. The number of fused-ring (bicyclic) bond motifs is 1. The van der Waals surface area contributed by atoms with E-state index >= 15 is 0 Å². The number of anilines is 1. The van der Waals surface area contributed by atoms with Crippen molar-refractivity contribution in [3.8, 4) is 0 Å². The molecule has 6 heteroatoms. The third-order valence-electron chi connectivity index (χ3n) is 3.11. The second-order valence-electron chi connectivity index (χ2n) is 4.69. The van der Waals surface area contributed by atoms with Gasteiger partial charge in [-0.2, -0.15) is 0 Å². The van der Waals surface area contributed by atoms with E-state index in [1.807, 2.05) is 49.5 Å². The van der Waals surface area contributed by atoms with Crippen LogP contribution in [0.1, 0.15) is 11.3 Å². The van der Waals surface area contributed by atoms with Gasteiger partial charge in [0.2, 0.25) is 0 Å². The van der Waals surface area contributed by atoms with Crippen LogP contribution in [0.2, 0.25) is 5.02 Å². The number of aromatic nitrogens is 2. The molecule has 3 rings (SSSR count). The molecule has 0 amide bonds. The lowest BCUT2D eigenvalue weighted by atomic mass is 10.1. The van der Waals surface area contributed by atoms with Crippen LogP contribution in [0.15, 0.2) is 48.8 Å². The lowest BCUT2D eigenvalue weighted by Crippen LogP contribution is -2.01. The first-order valence-electron chi connectivity index (χ1n) is 6.42. The molecule has 3 aromatic rings. The average Bonchev–Trinajstić information content (AvgIpc) is 2.45. The van der Waals surface area contributed by atoms with Crippen molar-refractivity contribution in [2.45, 2.75) is 13.5 Å². The zero-order valence-corrected chi connectivity index (χ0v) is 14.3. The largest absolute Gasteiger partial charge is 0.380 e. The lowest BCUT2D eigenvalue weighted by molar-refractivity contribution is 1.11. The van der Waals surface area contributed by atoms with Gasteiger partial charge in [0.1, 0.15) is 0 Å². The Morgan fingerprint density at radius 2 is 1.95 bits per heavy atom. The molecule has 2 heterocycles. The monoisotopic (exact) mass is 355 g/mol. The molecule has 0 aliphatic rings. The Morgan fingerprint density at radius 1 is 1.14 bits per heavy atom. The molecule has 0 saturated heterocycles. The zero-order valence-electron chi connectivity index (χ0n) is 11.9. The van der Waals surface area contributed by atoms with Gasteiger partial charge in [0.05, 0.1) is 5.52 Å². The van der Waals surface area contributed by atoms with E-state index in [0.29, 0.717) is 5.02 Å². The number of nitrogens with zero attached hydrogens (tertiary/aromatic N) is 2. The molecule has 0 radical (unpaired) electrons. The third-order valence-corrected chi connectivity index (χ3v) is 3.34. The SMILES string of the molecule is Cc1cc(NCc2cccnc2)c2ccc(Cl)cc2n1.Cl.Cl. The molecule has 0 spiro atoms. The summed E-state index contributed by atoms with van der Waals surface area (Å²) in [5.74, 6) is 0. The van der Waals surface area contributed by atoms with Crippen molar-refractivity contribution >= 4 is 53.0 Å². The number of pyridine rings is 2. The fraction of sp³-hybridized carbons (Fsp3) is 0.125. The normalized spacial score (nSPS) is 9.73. The van der Waals surface area contributed by atoms with Crippen LogP contribution in [0.3, 0.4) is 0 Å². The maximum atomic E-state index is 6.03. The van der Waals surface area contributed by atoms with Gasteiger partial charge in [-0.25, -0.2) is 0 Å². The fourth-order valence-corrected chi connectivity index (χ4v) is 2.35. The van der Waals surface area contributed by atoms with Crippen LogP contribution >= 0.6 is 36.4 Å². The number of hydrogen-bond donors (Lipinski definition) is 1. The van der Waals surface area contributed by atoms with Gasteiger partial charge >= 0.3 is 0 Å². The smallest absolute Gasteiger partial charge is 0.0740 e. The molecule has 0 saturated carbocycles. The van der Waals surface area contributed by atoms with Crippen LogP contribution in [0.5, 0.6) is 0 Å². The Hall–Kier alpha value is -1.55. The molecule has 2 aromatic heterocycles. The van der Waals surface area contributed by atoms with Crippen molar-refractivity contribution in [1.82, 2.24) is 9.97 Å². The van der Waals surface area contributed by atoms with Gasteiger partial charge in [-0.05, 0) is 42.8 Å². The number of nitrogens with one attached hydrogen (secondary N) is 1. The molecule has 0 unspecified atom stereocenters. The van der Waals surface area contributed by atoms with Crippen molar-refractivity contribution in [2.75, 3.05) is 5.32 Å². The Bertz CT molecular complexity index is 743. The summed E-state index contributed by atoms with van der Waals surface area (Å²) in [6, 6.07) is 11.8. The minimum atomic E-state index is 0. The molecule has 3 nitrogen and oxygen atoms in total. The second kappa shape index (κ2) is 8.18. The standard InChI is InChI=1S/C16H14ClN3.2ClH/c1-11-7-15(19-10-12-3-2-6-18-9-12)14-5-4-13(17)8-16(14)20-11;;/h2-9H,10H2,1H3,(H,19,20);2*1H. The molecule has 22 heavy (non-hydrogen) atoms. The van der Waals surface area contributed by atoms with E-state index in [9.17, 15) is 0 Å². The number of aryl methyl sites for hydroxylation is 1. The lowest BCUT2D eigenvalue weighted by Gasteiger charge is -2.11. The van der Waals surface area contributed by atoms with Crippen molar-refractivity contribution < 1.29 is 0 Å². The highest BCUT2D eigenvalue weighted by molar-refractivity contribution is 6.31. The summed E-state index contributed by atoms with van der Waals surface area (Å²) in [5, 5.41) is 5.22. The third kappa shape index (κ3) is 4.23. The Balaban J connectivity index is 0.00000121. The first kappa shape index (κ1) is 18.5. The van der Waals surface area contributed by atoms with E-state index in [2.05, 4.69) is 15.3 Å². The Kier molecular flexibility index (Phi) is 6.88. The summed E-state index contributed by atoms with van der Waals surface area (Å²) in [7, 11) is 0. The summed E-state index contributed by atoms with van der Waals surface area (Å²) in [6.45, 7) is 2.71. The minimum Gasteiger partial charge on any atom is -0.380 e. The molecule has 0 aliphatic carbocycles. The van der Waals surface area contributed by atoms with Gasteiger partial charge < -0.3 is 5.32 Å². The predicted octanol–water partition coefficient (Wildman–Crippen LogP) is 5.05. The molecule has 1 N–H and O–H groups in total. The van der Waals surface area contributed by atoms with E-state index in [0.717, 1.165) is 34.4 Å². The quantitative estimate of drug-likeness (QED) is 0.714. The maximum Gasteiger partial charge on any atom is 0.0740 e. The summed E-state index contributed by atoms with van der Waals surface area (Å²) in [5.41, 5.74) is 4.08. The van der Waals surface area contributed by atoms with Crippen LogP contribution in [0.25, 0.3) is 10.9 Å². The topological polar surface area (TPSA) is 37.8 Å². The first-order valence-corrected chi connectivity index (χ1v) is 6.80. The van der Waals surface area contributed by atoms with Gasteiger partial charge in [0, 0.05) is 40.7 Å². The van der Waals surface area contributed by atoms with Crippen molar-refractivity contribution in [1.29, 1.82) is 0 Å². The van der Waals surface area contributed by atoms with E-state index in [1.165, 1.54) is 0 Å². The molecule has 0 fully saturated rings. The number of rotatable bonds is 3. The molecular formula is C16H16Cl3N3. The molecule has 116 valence electrons. The van der Waals surface area contributed by atoms with Crippen LogP contribution in [-0.2, 0) is 6.54 Å². The maximum absolute atomic E-state index is 6.03. The highest BCUT2D eigenvalue weighted by atomic mass is 35.5. The molecule has 1 aromatic carbocycles. The van der Waals surface area contributed by atoms with Crippen LogP contribution in [0, 0.1) is 6.92 Å². The number of halogens is 3. The Morgan fingerprint density at radius 3 is 2.68 bits per heavy atom. The summed E-state index contributed by atoms with van der Waals surface area (Å²) in [4.78, 5) is 8.63. The Labute approximate surface area is 146 Å². The molecular weight excluding hydrogens is 341 g/mol. The van der Waals surface area contributed by atoms with E-state index in [-0.39, 0.29) is 24.8 Å². The number of benzene rings is 1. The molecule has 0 aliphatic heterocycles. The highest BCUT2D eigenvalue weighted by Crippen LogP contribution is 2.26. The summed E-state index contributed by atoms with van der Waals surface area (Å²) < 4.78 is 0. The first-order chi connectivity index (χ1) is 9.72.